The van der Waals surface area contributed by atoms with Gasteiger partial charge in [-0.15, -0.1) is 6.58 Å². The van der Waals surface area contributed by atoms with E-state index in [1.807, 2.05) is 0 Å². The number of amides is 3. The molecule has 2 heterocycles. The Labute approximate surface area is 166 Å². The quantitative estimate of drug-likeness (QED) is 0.788. The summed E-state index contributed by atoms with van der Waals surface area (Å²) < 4.78 is 27.0. The first-order valence-corrected chi connectivity index (χ1v) is 9.19. The molecule has 2 aromatic carbocycles. The van der Waals surface area contributed by atoms with Crippen LogP contribution in [0.1, 0.15) is 17.2 Å². The Morgan fingerprint density at radius 2 is 1.86 bits per heavy atom. The average molecular weight is 395 g/mol. The van der Waals surface area contributed by atoms with E-state index in [9.17, 15) is 18.4 Å². The highest BCUT2D eigenvalue weighted by Crippen LogP contribution is 2.36. The van der Waals surface area contributed by atoms with Gasteiger partial charge >= 0.3 is 6.03 Å². The number of hydrogen-bond donors (Lipinski definition) is 1. The van der Waals surface area contributed by atoms with Crippen LogP contribution in [0.5, 0.6) is 0 Å². The van der Waals surface area contributed by atoms with Crippen molar-refractivity contribution < 1.29 is 18.4 Å². The molecule has 2 aromatic rings. The number of carbonyl (C=O) groups is 2. The monoisotopic (exact) mass is 395 g/mol. The Morgan fingerprint density at radius 3 is 2.55 bits per heavy atom. The lowest BCUT2D eigenvalue weighted by Gasteiger charge is -2.33. The number of rotatable bonds is 5. The lowest BCUT2D eigenvalue weighted by atomic mass is 9.95. The number of nitrogens with zero attached hydrogens (tertiary/aromatic N) is 2. The number of halogens is 2. The highest BCUT2D eigenvalue weighted by Gasteiger charge is 2.43. The smallest absolute Gasteiger partial charge is 0.322 e. The van der Waals surface area contributed by atoms with Crippen LogP contribution in [-0.2, 0) is 11.3 Å². The molecule has 1 atom stereocenters. The first-order chi connectivity index (χ1) is 14.0. The second kappa shape index (κ2) is 7.50. The van der Waals surface area contributed by atoms with Crippen molar-refractivity contribution in [2.45, 2.75) is 12.6 Å². The Kier molecular flexibility index (Phi) is 4.88. The van der Waals surface area contributed by atoms with E-state index in [1.165, 1.54) is 29.2 Å². The number of carbonyl (C=O) groups excluding carboxylic acids is 2. The summed E-state index contributed by atoms with van der Waals surface area (Å²) in [5, 5.41) is 2.81. The van der Waals surface area contributed by atoms with E-state index in [2.05, 4.69) is 11.9 Å². The van der Waals surface area contributed by atoms with Crippen LogP contribution in [-0.4, -0.2) is 34.8 Å². The Hall–Kier alpha value is -3.48. The van der Waals surface area contributed by atoms with Crippen LogP contribution < -0.4 is 5.32 Å². The van der Waals surface area contributed by atoms with E-state index in [4.69, 9.17) is 0 Å². The average Bonchev–Trinajstić information content (AvgIpc) is 3.02. The Morgan fingerprint density at radius 1 is 1.10 bits per heavy atom. The van der Waals surface area contributed by atoms with Crippen molar-refractivity contribution in [2.75, 3.05) is 13.1 Å². The SMILES string of the molecule is C=CCN1C(=O)N[C@@H](c2cccc(F)c2)C2=C1CN(Cc1ccc(F)cc1)C2=O. The molecule has 0 spiro atoms. The molecule has 148 valence electrons. The lowest BCUT2D eigenvalue weighted by molar-refractivity contribution is -0.126. The molecule has 1 N–H and O–H groups in total. The van der Waals surface area contributed by atoms with Crippen molar-refractivity contribution in [1.29, 1.82) is 0 Å². The van der Waals surface area contributed by atoms with Crippen molar-refractivity contribution >= 4 is 11.9 Å². The van der Waals surface area contributed by atoms with Gasteiger partial charge in [-0.05, 0) is 35.4 Å². The number of nitrogens with one attached hydrogen (secondary N) is 1. The number of hydrogen-bond acceptors (Lipinski definition) is 2. The summed E-state index contributed by atoms with van der Waals surface area (Å²) in [5.74, 6) is -1.04. The molecule has 0 aliphatic carbocycles. The van der Waals surface area contributed by atoms with Gasteiger partial charge in [0.05, 0.1) is 23.9 Å². The lowest BCUT2D eigenvalue weighted by Crippen LogP contribution is -2.47. The van der Waals surface area contributed by atoms with Crippen molar-refractivity contribution in [2.24, 2.45) is 0 Å². The minimum absolute atomic E-state index is 0.235. The summed E-state index contributed by atoms with van der Waals surface area (Å²) in [4.78, 5) is 29.0. The van der Waals surface area contributed by atoms with E-state index >= 15 is 0 Å². The Balaban J connectivity index is 1.70. The van der Waals surface area contributed by atoms with Crippen LogP contribution in [0, 0.1) is 11.6 Å². The number of urea groups is 1. The van der Waals surface area contributed by atoms with Gasteiger partial charge in [-0.3, -0.25) is 9.69 Å². The summed E-state index contributed by atoms with van der Waals surface area (Å²) in [5.41, 5.74) is 2.27. The molecule has 0 unspecified atom stereocenters. The third-order valence-electron chi connectivity index (χ3n) is 5.08. The molecule has 0 radical (unpaired) electrons. The minimum atomic E-state index is -0.736. The maximum absolute atomic E-state index is 13.8. The van der Waals surface area contributed by atoms with E-state index in [0.29, 0.717) is 16.8 Å². The van der Waals surface area contributed by atoms with E-state index in [-0.39, 0.29) is 37.4 Å². The predicted octanol–water partition coefficient (Wildman–Crippen LogP) is 3.51. The molecule has 5 nitrogen and oxygen atoms in total. The fourth-order valence-corrected chi connectivity index (χ4v) is 3.74. The fourth-order valence-electron chi connectivity index (χ4n) is 3.74. The minimum Gasteiger partial charge on any atom is -0.329 e. The van der Waals surface area contributed by atoms with Crippen LogP contribution in [0.3, 0.4) is 0 Å². The van der Waals surface area contributed by atoms with Gasteiger partial charge in [-0.25, -0.2) is 13.6 Å². The van der Waals surface area contributed by atoms with E-state index < -0.39 is 11.9 Å². The molecule has 0 saturated heterocycles. The van der Waals surface area contributed by atoms with Crippen LogP contribution in [0.25, 0.3) is 0 Å². The molecule has 7 heteroatoms. The van der Waals surface area contributed by atoms with Crippen LogP contribution in [0.4, 0.5) is 13.6 Å². The maximum Gasteiger partial charge on any atom is 0.322 e. The van der Waals surface area contributed by atoms with Crippen LogP contribution in [0.2, 0.25) is 0 Å². The van der Waals surface area contributed by atoms with Crippen LogP contribution >= 0.6 is 0 Å². The molecule has 2 aliphatic rings. The topological polar surface area (TPSA) is 52.7 Å². The molecule has 29 heavy (non-hydrogen) atoms. The molecule has 0 saturated carbocycles. The fraction of sp³-hybridized carbons (Fsp3) is 0.182. The summed E-state index contributed by atoms with van der Waals surface area (Å²) in [6, 6.07) is 10.7. The molecule has 3 amide bonds. The molecule has 0 bridgehead atoms. The molecule has 0 fully saturated rings. The van der Waals surface area contributed by atoms with Gasteiger partial charge < -0.3 is 10.2 Å². The predicted molar refractivity (Wildman–Crippen MR) is 103 cm³/mol. The van der Waals surface area contributed by atoms with Crippen molar-refractivity contribution in [3.05, 3.63) is 95.2 Å². The second-order valence-electron chi connectivity index (χ2n) is 6.98. The summed E-state index contributed by atoms with van der Waals surface area (Å²) in [6.45, 7) is 4.44. The molecule has 4 rings (SSSR count). The third kappa shape index (κ3) is 3.51. The summed E-state index contributed by atoms with van der Waals surface area (Å²) in [6.07, 6.45) is 1.58. The van der Waals surface area contributed by atoms with E-state index in [1.54, 1.807) is 35.2 Å². The normalized spacial score (nSPS) is 18.8. The molecule has 2 aliphatic heterocycles. The van der Waals surface area contributed by atoms with Crippen molar-refractivity contribution in [3.8, 4) is 0 Å². The largest absolute Gasteiger partial charge is 0.329 e. The van der Waals surface area contributed by atoms with E-state index in [0.717, 1.165) is 5.56 Å². The first kappa shape index (κ1) is 18.9. The second-order valence-corrected chi connectivity index (χ2v) is 6.98. The number of benzene rings is 2. The maximum atomic E-state index is 13.8. The summed E-state index contributed by atoms with van der Waals surface area (Å²) >= 11 is 0. The molecule has 0 aromatic heterocycles. The zero-order valence-corrected chi connectivity index (χ0v) is 15.6. The van der Waals surface area contributed by atoms with Gasteiger partial charge in [0.1, 0.15) is 11.6 Å². The van der Waals surface area contributed by atoms with Crippen molar-refractivity contribution in [1.82, 2.24) is 15.1 Å². The first-order valence-electron chi connectivity index (χ1n) is 9.19. The highest BCUT2D eigenvalue weighted by molar-refractivity contribution is 6.01. The Bertz CT molecular complexity index is 1020. The third-order valence-corrected chi connectivity index (χ3v) is 5.08. The highest BCUT2D eigenvalue weighted by atomic mass is 19.1. The standard InChI is InChI=1S/C22H19F2N3O2/c1-2-10-27-18-13-26(12-14-6-8-16(23)9-7-14)21(28)19(18)20(25-22(27)29)15-4-3-5-17(24)11-15/h2-9,11,20H,1,10,12-13H2,(H,25,29)/t20-/m0/s1. The van der Waals surface area contributed by atoms with Gasteiger partial charge in [0.15, 0.2) is 0 Å². The summed E-state index contributed by atoms with van der Waals surface area (Å²) in [7, 11) is 0. The van der Waals surface area contributed by atoms with Crippen molar-refractivity contribution in [3.63, 3.8) is 0 Å². The zero-order chi connectivity index (χ0) is 20.5. The van der Waals surface area contributed by atoms with Gasteiger partial charge in [0.25, 0.3) is 5.91 Å². The van der Waals surface area contributed by atoms with Gasteiger partial charge in [-0.1, -0.05) is 30.3 Å². The molecular formula is C22H19F2N3O2. The van der Waals surface area contributed by atoms with Crippen LogP contribution in [0.15, 0.2) is 72.5 Å². The van der Waals surface area contributed by atoms with Gasteiger partial charge in [0, 0.05) is 13.1 Å². The zero-order valence-electron chi connectivity index (χ0n) is 15.6. The van der Waals surface area contributed by atoms with Gasteiger partial charge in [0.2, 0.25) is 0 Å². The van der Waals surface area contributed by atoms with Gasteiger partial charge in [-0.2, -0.15) is 0 Å². The molecular weight excluding hydrogens is 376 g/mol.